The average Bonchev–Trinajstić information content (AvgIpc) is 2.06. The van der Waals surface area contributed by atoms with E-state index in [-0.39, 0.29) is 0 Å². The van der Waals surface area contributed by atoms with Gasteiger partial charge in [-0.1, -0.05) is 0 Å². The molecular weight excluding hydrogens is 303 g/mol. The van der Waals surface area contributed by atoms with E-state index in [0.29, 0.717) is 12.1 Å². The summed E-state index contributed by atoms with van der Waals surface area (Å²) in [6, 6.07) is 1.08. The van der Waals surface area contributed by atoms with Crippen LogP contribution in [0.2, 0.25) is 0 Å². The van der Waals surface area contributed by atoms with Gasteiger partial charge in [0.2, 0.25) is 0 Å². The summed E-state index contributed by atoms with van der Waals surface area (Å²) in [7, 11) is 0. The van der Waals surface area contributed by atoms with Gasteiger partial charge in [0.1, 0.15) is 5.82 Å². The van der Waals surface area contributed by atoms with Crippen molar-refractivity contribution >= 4 is 32.8 Å². The Hall–Kier alpha value is -0.620. The van der Waals surface area contributed by atoms with Crippen LogP contribution in [0.3, 0.4) is 0 Å². The van der Waals surface area contributed by atoms with E-state index >= 15 is 0 Å². The summed E-state index contributed by atoms with van der Waals surface area (Å²) in [5, 5.41) is -1.37. The summed E-state index contributed by atoms with van der Waals surface area (Å²) in [6.07, 6.45) is -4.75. The second-order valence-electron chi connectivity index (χ2n) is 2.56. The first-order chi connectivity index (χ1) is 6.75. The van der Waals surface area contributed by atoms with Gasteiger partial charge in [0.25, 0.3) is 5.24 Å². The molecule has 0 aliphatic rings. The summed E-state index contributed by atoms with van der Waals surface area (Å²) in [6.45, 7) is 0. The molecule has 1 aromatic carbocycles. The minimum atomic E-state index is -4.75. The molecule has 0 saturated carbocycles. The maximum atomic E-state index is 12.9. The molecule has 0 aromatic heterocycles. The van der Waals surface area contributed by atoms with E-state index < -0.39 is 32.8 Å². The predicted octanol–water partition coefficient (Wildman–Crippen LogP) is 3.99. The number of rotatable bonds is 1. The second-order valence-corrected chi connectivity index (χ2v) is 3.69. The summed E-state index contributed by atoms with van der Waals surface area (Å²) < 4.78 is 49.4. The first kappa shape index (κ1) is 12.4. The first-order valence-electron chi connectivity index (χ1n) is 3.50. The first-order valence-corrected chi connectivity index (χ1v) is 4.67. The summed E-state index contributed by atoms with van der Waals surface area (Å²) in [4.78, 5) is 10.8. The average molecular weight is 305 g/mol. The van der Waals surface area contributed by atoms with Crippen molar-refractivity contribution in [1.82, 2.24) is 0 Å². The Kier molecular flexibility index (Phi) is 3.40. The van der Waals surface area contributed by atoms with E-state index in [9.17, 15) is 22.4 Å². The van der Waals surface area contributed by atoms with Gasteiger partial charge in [0.05, 0.1) is 15.6 Å². The highest BCUT2D eigenvalue weighted by atomic mass is 79.9. The Morgan fingerprint density at radius 1 is 1.33 bits per heavy atom. The van der Waals surface area contributed by atoms with Crippen LogP contribution < -0.4 is 0 Å². The normalized spacial score (nSPS) is 11.6. The van der Waals surface area contributed by atoms with Crippen LogP contribution in [0.1, 0.15) is 15.9 Å². The SMILES string of the molecule is O=C(Cl)c1c(C(F)(F)F)ccc(F)c1Br. The van der Waals surface area contributed by atoms with Gasteiger partial charge in [-0.3, -0.25) is 4.79 Å². The molecule has 0 aliphatic heterocycles. The quantitative estimate of drug-likeness (QED) is 0.566. The number of carbonyl (C=O) groups is 1. The smallest absolute Gasteiger partial charge is 0.276 e. The van der Waals surface area contributed by atoms with Crippen molar-refractivity contribution in [1.29, 1.82) is 0 Å². The fraction of sp³-hybridized carbons (Fsp3) is 0.125. The Bertz CT molecular complexity index is 416. The minimum absolute atomic E-state index is 0.468. The molecule has 0 amide bonds. The van der Waals surface area contributed by atoms with Crippen LogP contribution in [-0.4, -0.2) is 5.24 Å². The molecule has 1 rings (SSSR count). The molecule has 0 aliphatic carbocycles. The zero-order valence-electron chi connectivity index (χ0n) is 6.83. The van der Waals surface area contributed by atoms with Crippen LogP contribution in [0, 0.1) is 5.82 Å². The van der Waals surface area contributed by atoms with Crippen molar-refractivity contribution in [3.63, 3.8) is 0 Å². The zero-order chi connectivity index (χ0) is 11.8. The topological polar surface area (TPSA) is 17.1 Å². The van der Waals surface area contributed by atoms with Gasteiger partial charge in [-0.2, -0.15) is 13.2 Å². The van der Waals surface area contributed by atoms with Crippen molar-refractivity contribution in [2.75, 3.05) is 0 Å². The lowest BCUT2D eigenvalue weighted by molar-refractivity contribution is -0.137. The molecule has 0 atom stereocenters. The van der Waals surface area contributed by atoms with Gasteiger partial charge in [0, 0.05) is 0 Å². The molecule has 0 saturated heterocycles. The van der Waals surface area contributed by atoms with E-state index in [2.05, 4.69) is 15.9 Å². The van der Waals surface area contributed by atoms with Crippen LogP contribution in [0.15, 0.2) is 16.6 Å². The van der Waals surface area contributed by atoms with Crippen LogP contribution in [0.25, 0.3) is 0 Å². The minimum Gasteiger partial charge on any atom is -0.276 e. The number of alkyl halides is 3. The van der Waals surface area contributed by atoms with Gasteiger partial charge >= 0.3 is 6.18 Å². The van der Waals surface area contributed by atoms with Gasteiger partial charge in [0.15, 0.2) is 0 Å². The molecule has 0 bridgehead atoms. The molecule has 0 heterocycles. The highest BCUT2D eigenvalue weighted by Gasteiger charge is 2.36. The lowest BCUT2D eigenvalue weighted by Gasteiger charge is -2.11. The molecule has 1 nitrogen and oxygen atoms in total. The van der Waals surface area contributed by atoms with Crippen molar-refractivity contribution in [2.24, 2.45) is 0 Å². The Morgan fingerprint density at radius 3 is 2.27 bits per heavy atom. The Morgan fingerprint density at radius 2 is 1.87 bits per heavy atom. The van der Waals surface area contributed by atoms with Gasteiger partial charge in [-0.05, 0) is 39.7 Å². The molecule has 15 heavy (non-hydrogen) atoms. The van der Waals surface area contributed by atoms with Crippen molar-refractivity contribution in [3.05, 3.63) is 33.5 Å². The maximum absolute atomic E-state index is 12.9. The van der Waals surface area contributed by atoms with Crippen molar-refractivity contribution in [2.45, 2.75) is 6.18 Å². The molecule has 0 fully saturated rings. The second kappa shape index (κ2) is 4.09. The monoisotopic (exact) mass is 304 g/mol. The summed E-state index contributed by atoms with van der Waals surface area (Å²) in [5.41, 5.74) is -2.18. The number of halogens is 6. The lowest BCUT2D eigenvalue weighted by Crippen LogP contribution is -2.12. The molecule has 0 unspecified atom stereocenters. The molecular formula is C8H2BrClF4O. The number of benzene rings is 1. The molecule has 7 heteroatoms. The molecule has 0 spiro atoms. The molecule has 1 aromatic rings. The third-order valence-electron chi connectivity index (χ3n) is 1.60. The van der Waals surface area contributed by atoms with E-state index in [1.807, 2.05) is 0 Å². The zero-order valence-corrected chi connectivity index (χ0v) is 9.17. The Labute approximate surface area is 95.2 Å². The van der Waals surface area contributed by atoms with E-state index in [0.717, 1.165) is 0 Å². The molecule has 0 N–H and O–H groups in total. The van der Waals surface area contributed by atoms with Crippen LogP contribution >= 0.6 is 27.5 Å². The fourth-order valence-corrected chi connectivity index (χ4v) is 1.82. The number of hydrogen-bond acceptors (Lipinski definition) is 1. The fourth-order valence-electron chi connectivity index (χ4n) is 0.979. The predicted molar refractivity (Wildman–Crippen MR) is 49.3 cm³/mol. The number of carbonyl (C=O) groups excluding carboxylic acids is 1. The summed E-state index contributed by atoms with van der Waals surface area (Å²) in [5.74, 6) is -0.980. The number of hydrogen-bond donors (Lipinski definition) is 0. The third-order valence-corrected chi connectivity index (χ3v) is 2.56. The molecule has 82 valence electrons. The van der Waals surface area contributed by atoms with Crippen LogP contribution in [-0.2, 0) is 6.18 Å². The highest BCUT2D eigenvalue weighted by Crippen LogP contribution is 2.36. The van der Waals surface area contributed by atoms with Crippen molar-refractivity contribution in [3.8, 4) is 0 Å². The summed E-state index contributed by atoms with van der Waals surface area (Å²) >= 11 is 7.50. The van der Waals surface area contributed by atoms with Gasteiger partial charge in [-0.25, -0.2) is 4.39 Å². The van der Waals surface area contributed by atoms with E-state index in [1.54, 1.807) is 0 Å². The van der Waals surface area contributed by atoms with E-state index in [4.69, 9.17) is 11.6 Å². The highest BCUT2D eigenvalue weighted by molar-refractivity contribution is 9.10. The van der Waals surface area contributed by atoms with E-state index in [1.165, 1.54) is 0 Å². The van der Waals surface area contributed by atoms with Crippen LogP contribution in [0.4, 0.5) is 17.6 Å². The molecule has 0 radical (unpaired) electrons. The Balaban J connectivity index is 3.55. The van der Waals surface area contributed by atoms with Crippen molar-refractivity contribution < 1.29 is 22.4 Å². The third kappa shape index (κ3) is 2.49. The standard InChI is InChI=1S/C8H2BrClF4O/c9-6-4(11)2-1-3(8(12,13)14)5(6)7(10)15/h1-2H. The van der Waals surface area contributed by atoms with Crippen LogP contribution in [0.5, 0.6) is 0 Å². The maximum Gasteiger partial charge on any atom is 0.417 e. The lowest BCUT2D eigenvalue weighted by atomic mass is 10.1. The van der Waals surface area contributed by atoms with Gasteiger partial charge < -0.3 is 0 Å². The largest absolute Gasteiger partial charge is 0.417 e. The van der Waals surface area contributed by atoms with Gasteiger partial charge in [-0.15, -0.1) is 0 Å².